The van der Waals surface area contributed by atoms with E-state index >= 15 is 0 Å². The molecule has 2 atom stereocenters. The normalized spacial score (nSPS) is 18.4. The monoisotopic (exact) mass is 403 g/mol. The number of hydrogen-bond acceptors (Lipinski definition) is 4. The molecule has 2 N–H and O–H groups in total. The third kappa shape index (κ3) is 3.22. The van der Waals surface area contributed by atoms with E-state index in [2.05, 4.69) is 10.3 Å². The first-order chi connectivity index (χ1) is 12.9. The smallest absolute Gasteiger partial charge is 0.317 e. The van der Waals surface area contributed by atoms with Crippen LogP contribution >= 0.6 is 11.6 Å². The highest BCUT2D eigenvalue weighted by molar-refractivity contribution is 7.85. The summed E-state index contributed by atoms with van der Waals surface area (Å²) < 4.78 is 14.0. The predicted molar refractivity (Wildman–Crippen MR) is 104 cm³/mol. The standard InChI is InChI=1S/C18H14ClN3O4S/c19-10-6-13-16-14(7-10)27(26)9-12(22(16)18(25)17(24)21-13)8-15(23)20-11-4-2-1-3-5-11/h1-7,12H,8-9H2,(H,20,23)(H,21,24). The largest absolute Gasteiger partial charge is 0.326 e. The van der Waals surface area contributed by atoms with Crippen molar-refractivity contribution in [2.45, 2.75) is 17.4 Å². The second-order valence-corrected chi connectivity index (χ2v) is 8.11. The number of nitrogens with zero attached hydrogens (tertiary/aromatic N) is 1. The van der Waals surface area contributed by atoms with Crippen molar-refractivity contribution in [1.82, 2.24) is 9.55 Å². The van der Waals surface area contributed by atoms with Gasteiger partial charge in [-0.25, -0.2) is 0 Å². The fraction of sp³-hybridized carbons (Fsp3) is 0.167. The highest BCUT2D eigenvalue weighted by Crippen LogP contribution is 2.32. The summed E-state index contributed by atoms with van der Waals surface area (Å²) in [5, 5.41) is 3.05. The van der Waals surface area contributed by atoms with Gasteiger partial charge in [0.2, 0.25) is 5.91 Å². The molecule has 7 nitrogen and oxygen atoms in total. The third-order valence-electron chi connectivity index (χ3n) is 4.37. The topological polar surface area (TPSA) is 101 Å². The van der Waals surface area contributed by atoms with Gasteiger partial charge in [-0.1, -0.05) is 29.8 Å². The first kappa shape index (κ1) is 17.7. The van der Waals surface area contributed by atoms with Crippen LogP contribution in [-0.4, -0.2) is 25.4 Å². The third-order valence-corrected chi connectivity index (χ3v) is 6.08. The summed E-state index contributed by atoms with van der Waals surface area (Å²) in [6.07, 6.45) is -0.0822. The summed E-state index contributed by atoms with van der Waals surface area (Å²) in [7, 11) is -1.45. The number of carbonyl (C=O) groups is 1. The zero-order chi connectivity index (χ0) is 19.1. The Morgan fingerprint density at radius 3 is 2.74 bits per heavy atom. The number of rotatable bonds is 3. The van der Waals surface area contributed by atoms with Gasteiger partial charge in [-0.15, -0.1) is 0 Å². The van der Waals surface area contributed by atoms with Crippen molar-refractivity contribution in [1.29, 1.82) is 0 Å². The van der Waals surface area contributed by atoms with Crippen LogP contribution in [0.1, 0.15) is 12.5 Å². The van der Waals surface area contributed by atoms with E-state index < -0.39 is 28.0 Å². The number of aromatic amines is 1. The second-order valence-electron chi connectivity index (χ2n) is 6.21. The minimum absolute atomic E-state index is 0.0496. The number of nitrogens with one attached hydrogen (secondary N) is 2. The lowest BCUT2D eigenvalue weighted by Crippen LogP contribution is -2.42. The van der Waals surface area contributed by atoms with Crippen molar-refractivity contribution in [3.8, 4) is 0 Å². The molecule has 0 saturated heterocycles. The number of halogens is 1. The zero-order valence-corrected chi connectivity index (χ0v) is 15.5. The Morgan fingerprint density at radius 1 is 1.26 bits per heavy atom. The van der Waals surface area contributed by atoms with Gasteiger partial charge in [0.25, 0.3) is 0 Å². The van der Waals surface area contributed by atoms with Crippen LogP contribution in [0.25, 0.3) is 11.0 Å². The fourth-order valence-corrected chi connectivity index (χ4v) is 5.02. The Bertz CT molecular complexity index is 1200. The molecule has 0 saturated carbocycles. The molecule has 2 heterocycles. The first-order valence-corrected chi connectivity index (χ1v) is 9.85. The number of hydrogen-bond donors (Lipinski definition) is 2. The number of amides is 1. The molecule has 3 aromatic rings. The van der Waals surface area contributed by atoms with E-state index in [1.54, 1.807) is 24.3 Å². The summed E-state index contributed by atoms with van der Waals surface area (Å²) in [4.78, 5) is 39.8. The maximum Gasteiger partial charge on any atom is 0.317 e. The minimum Gasteiger partial charge on any atom is -0.326 e. The Balaban J connectivity index is 1.78. The van der Waals surface area contributed by atoms with Crippen LogP contribution in [0.15, 0.2) is 56.9 Å². The minimum atomic E-state index is -1.45. The van der Waals surface area contributed by atoms with E-state index in [0.29, 0.717) is 26.6 Å². The van der Waals surface area contributed by atoms with Crippen molar-refractivity contribution in [2.24, 2.45) is 0 Å². The number of aromatic nitrogens is 2. The molecule has 0 aliphatic carbocycles. The van der Waals surface area contributed by atoms with Crippen molar-refractivity contribution in [3.05, 3.63) is 68.2 Å². The molecule has 1 amide bonds. The molecule has 1 aliphatic heterocycles. The molecule has 0 bridgehead atoms. The lowest BCUT2D eigenvalue weighted by Gasteiger charge is -2.26. The molecular formula is C18H14ClN3O4S. The van der Waals surface area contributed by atoms with Crippen molar-refractivity contribution in [3.63, 3.8) is 0 Å². The van der Waals surface area contributed by atoms with Crippen molar-refractivity contribution < 1.29 is 9.00 Å². The van der Waals surface area contributed by atoms with E-state index in [-0.39, 0.29) is 18.1 Å². The van der Waals surface area contributed by atoms with Crippen LogP contribution in [0.3, 0.4) is 0 Å². The van der Waals surface area contributed by atoms with Crippen molar-refractivity contribution in [2.75, 3.05) is 11.1 Å². The van der Waals surface area contributed by atoms with Crippen molar-refractivity contribution >= 4 is 45.0 Å². The number of carbonyl (C=O) groups excluding carboxylic acids is 1. The molecule has 1 aromatic heterocycles. The lowest BCUT2D eigenvalue weighted by molar-refractivity contribution is -0.116. The van der Waals surface area contributed by atoms with Gasteiger partial charge >= 0.3 is 11.1 Å². The van der Waals surface area contributed by atoms with Gasteiger partial charge < -0.3 is 10.3 Å². The maximum absolute atomic E-state index is 12.7. The van der Waals surface area contributed by atoms with Crippen LogP contribution in [0.2, 0.25) is 5.02 Å². The first-order valence-electron chi connectivity index (χ1n) is 8.15. The molecule has 0 spiro atoms. The second kappa shape index (κ2) is 6.79. The number of benzene rings is 2. The molecule has 27 heavy (non-hydrogen) atoms. The molecule has 138 valence electrons. The summed E-state index contributed by atoms with van der Waals surface area (Å²) in [6, 6.07) is 11.2. The van der Waals surface area contributed by atoms with Gasteiger partial charge in [0.15, 0.2) is 0 Å². The molecule has 9 heteroatoms. The van der Waals surface area contributed by atoms with Crippen LogP contribution in [0, 0.1) is 0 Å². The number of H-pyrrole nitrogens is 1. The summed E-state index contributed by atoms with van der Waals surface area (Å²) in [6.45, 7) is 0. The Labute approximate surface area is 160 Å². The van der Waals surface area contributed by atoms with E-state index in [9.17, 15) is 18.6 Å². The average Bonchev–Trinajstić information content (AvgIpc) is 2.62. The van der Waals surface area contributed by atoms with E-state index in [1.165, 1.54) is 16.7 Å². The highest BCUT2D eigenvalue weighted by atomic mass is 35.5. The van der Waals surface area contributed by atoms with Gasteiger partial charge in [0.1, 0.15) is 0 Å². The van der Waals surface area contributed by atoms with E-state index in [0.717, 1.165) is 0 Å². The Morgan fingerprint density at radius 2 is 2.00 bits per heavy atom. The Kier molecular flexibility index (Phi) is 4.45. The number of para-hydroxylation sites is 1. The molecule has 0 fully saturated rings. The maximum atomic E-state index is 12.7. The van der Waals surface area contributed by atoms with Crippen LogP contribution in [0.5, 0.6) is 0 Å². The zero-order valence-electron chi connectivity index (χ0n) is 13.9. The van der Waals surface area contributed by atoms with E-state index in [4.69, 9.17) is 11.6 Å². The van der Waals surface area contributed by atoms with Gasteiger partial charge in [0.05, 0.1) is 32.8 Å². The SMILES string of the molecule is O=C(CC1CS(=O)c2cc(Cl)cc3[nH]c(=O)c(=O)n1c23)Nc1ccccc1. The molecule has 2 aromatic carbocycles. The quantitative estimate of drug-likeness (QED) is 0.653. The lowest BCUT2D eigenvalue weighted by atomic mass is 10.1. The summed E-state index contributed by atoms with van der Waals surface area (Å²) >= 11 is 6.04. The summed E-state index contributed by atoms with van der Waals surface area (Å²) in [5.74, 6) is -0.283. The van der Waals surface area contributed by atoms with Gasteiger partial charge in [0, 0.05) is 22.9 Å². The van der Waals surface area contributed by atoms with Gasteiger partial charge in [-0.2, -0.15) is 0 Å². The highest BCUT2D eigenvalue weighted by Gasteiger charge is 2.30. The molecular weight excluding hydrogens is 390 g/mol. The predicted octanol–water partition coefficient (Wildman–Crippen LogP) is 2.03. The van der Waals surface area contributed by atoms with Gasteiger partial charge in [-0.3, -0.25) is 23.2 Å². The van der Waals surface area contributed by atoms with Crippen LogP contribution in [-0.2, 0) is 15.6 Å². The molecule has 0 radical (unpaired) electrons. The summed E-state index contributed by atoms with van der Waals surface area (Å²) in [5.41, 5.74) is -0.290. The fourth-order valence-electron chi connectivity index (χ4n) is 3.26. The van der Waals surface area contributed by atoms with Crippen LogP contribution in [0.4, 0.5) is 5.69 Å². The number of anilines is 1. The van der Waals surface area contributed by atoms with Crippen LogP contribution < -0.4 is 16.4 Å². The Hall–Kier alpha value is -2.71. The molecule has 4 rings (SSSR count). The van der Waals surface area contributed by atoms with E-state index in [1.807, 2.05) is 6.07 Å². The van der Waals surface area contributed by atoms with Gasteiger partial charge in [-0.05, 0) is 24.3 Å². The average molecular weight is 404 g/mol. The molecule has 2 unspecified atom stereocenters. The molecule has 1 aliphatic rings.